The van der Waals surface area contributed by atoms with Gasteiger partial charge in [0, 0.05) is 18.6 Å². The van der Waals surface area contributed by atoms with Crippen LogP contribution in [-0.2, 0) is 6.42 Å². The Labute approximate surface area is 107 Å². The maximum absolute atomic E-state index is 13.0. The lowest BCUT2D eigenvalue weighted by molar-refractivity contribution is 0.453. The number of rotatable bonds is 3. The molecule has 88 valence electrons. The van der Waals surface area contributed by atoms with Crippen LogP contribution in [0.15, 0.2) is 34.9 Å². The Morgan fingerprint density at radius 3 is 2.82 bits per heavy atom. The fourth-order valence-corrected chi connectivity index (χ4v) is 1.70. The van der Waals surface area contributed by atoms with Gasteiger partial charge in [-0.3, -0.25) is 0 Å². The molecule has 0 bridgehead atoms. The fraction of sp³-hybridized carbons (Fsp3) is 0.167. The molecule has 0 saturated carbocycles. The molecule has 17 heavy (non-hydrogen) atoms. The largest absolute Gasteiger partial charge is 0.439 e. The molecule has 3 nitrogen and oxygen atoms in total. The Kier molecular flexibility index (Phi) is 3.68. The van der Waals surface area contributed by atoms with Gasteiger partial charge in [0.2, 0.25) is 5.88 Å². The van der Waals surface area contributed by atoms with E-state index in [0.29, 0.717) is 28.5 Å². The predicted octanol–water partition coefficient (Wildman–Crippen LogP) is 3.73. The molecule has 0 amide bonds. The van der Waals surface area contributed by atoms with Gasteiger partial charge in [0.05, 0.1) is 0 Å². The van der Waals surface area contributed by atoms with Gasteiger partial charge in [-0.2, -0.15) is 4.98 Å². The standard InChI is InChI=1S/C12H10BrFN2O/c1-2-11-15-10(13)7-12(16-11)17-9-5-3-4-8(14)6-9/h3-7H,2H2,1H3. The molecule has 0 atom stereocenters. The van der Waals surface area contributed by atoms with E-state index in [1.165, 1.54) is 12.1 Å². The molecule has 1 aromatic carbocycles. The summed E-state index contributed by atoms with van der Waals surface area (Å²) in [4.78, 5) is 8.35. The van der Waals surface area contributed by atoms with Gasteiger partial charge in [0.25, 0.3) is 0 Å². The van der Waals surface area contributed by atoms with Crippen molar-refractivity contribution in [3.63, 3.8) is 0 Å². The first-order chi connectivity index (χ1) is 8.17. The molecule has 1 heterocycles. The second-order valence-electron chi connectivity index (χ2n) is 3.36. The molecule has 0 radical (unpaired) electrons. The highest BCUT2D eigenvalue weighted by Gasteiger charge is 2.04. The highest BCUT2D eigenvalue weighted by atomic mass is 79.9. The number of benzene rings is 1. The van der Waals surface area contributed by atoms with Gasteiger partial charge >= 0.3 is 0 Å². The molecular formula is C12H10BrFN2O. The van der Waals surface area contributed by atoms with Crippen LogP contribution in [0, 0.1) is 5.82 Å². The maximum atomic E-state index is 13.0. The first-order valence-electron chi connectivity index (χ1n) is 5.14. The summed E-state index contributed by atoms with van der Waals surface area (Å²) in [6.45, 7) is 1.95. The van der Waals surface area contributed by atoms with Gasteiger partial charge < -0.3 is 4.74 Å². The Balaban J connectivity index is 2.26. The highest BCUT2D eigenvalue weighted by molar-refractivity contribution is 9.10. The minimum Gasteiger partial charge on any atom is -0.439 e. The number of nitrogens with zero attached hydrogens (tertiary/aromatic N) is 2. The quantitative estimate of drug-likeness (QED) is 0.810. The molecule has 2 rings (SSSR count). The number of hydrogen-bond acceptors (Lipinski definition) is 3. The lowest BCUT2D eigenvalue weighted by atomic mass is 10.3. The van der Waals surface area contributed by atoms with E-state index in [-0.39, 0.29) is 5.82 Å². The van der Waals surface area contributed by atoms with Gasteiger partial charge in [-0.05, 0) is 28.1 Å². The molecule has 0 saturated heterocycles. The van der Waals surface area contributed by atoms with Crippen molar-refractivity contribution in [1.82, 2.24) is 9.97 Å². The third-order valence-electron chi connectivity index (χ3n) is 2.05. The number of hydrogen-bond donors (Lipinski definition) is 0. The Morgan fingerprint density at radius 1 is 1.29 bits per heavy atom. The zero-order valence-corrected chi connectivity index (χ0v) is 10.7. The van der Waals surface area contributed by atoms with Crippen LogP contribution in [0.5, 0.6) is 11.6 Å². The summed E-state index contributed by atoms with van der Waals surface area (Å²) in [7, 11) is 0. The van der Waals surface area contributed by atoms with E-state index < -0.39 is 0 Å². The first-order valence-corrected chi connectivity index (χ1v) is 5.93. The van der Waals surface area contributed by atoms with Crippen molar-refractivity contribution >= 4 is 15.9 Å². The van der Waals surface area contributed by atoms with Crippen molar-refractivity contribution in [2.24, 2.45) is 0 Å². The molecule has 0 aliphatic carbocycles. The van der Waals surface area contributed by atoms with E-state index in [0.717, 1.165) is 0 Å². The second kappa shape index (κ2) is 5.23. The number of aryl methyl sites for hydroxylation is 1. The van der Waals surface area contributed by atoms with Crippen LogP contribution < -0.4 is 4.74 Å². The minimum absolute atomic E-state index is 0.341. The summed E-state index contributed by atoms with van der Waals surface area (Å²) >= 11 is 3.28. The summed E-state index contributed by atoms with van der Waals surface area (Å²) < 4.78 is 19.1. The van der Waals surface area contributed by atoms with Gasteiger partial charge in [-0.25, -0.2) is 9.37 Å². The van der Waals surface area contributed by atoms with E-state index in [9.17, 15) is 4.39 Å². The summed E-state index contributed by atoms with van der Waals surface area (Å²) in [5.74, 6) is 1.14. The maximum Gasteiger partial charge on any atom is 0.223 e. The molecule has 0 aliphatic rings. The second-order valence-corrected chi connectivity index (χ2v) is 4.17. The monoisotopic (exact) mass is 296 g/mol. The summed E-state index contributed by atoms with van der Waals surface area (Å²) in [6, 6.07) is 7.57. The molecule has 0 spiro atoms. The molecule has 0 N–H and O–H groups in total. The van der Waals surface area contributed by atoms with Crippen LogP contribution in [0.2, 0.25) is 0 Å². The van der Waals surface area contributed by atoms with Crippen LogP contribution in [0.3, 0.4) is 0 Å². The third kappa shape index (κ3) is 3.23. The predicted molar refractivity (Wildman–Crippen MR) is 65.6 cm³/mol. The Hall–Kier alpha value is -1.49. The average Bonchev–Trinajstić information content (AvgIpc) is 2.28. The van der Waals surface area contributed by atoms with E-state index in [1.54, 1.807) is 18.2 Å². The zero-order chi connectivity index (χ0) is 12.3. The van der Waals surface area contributed by atoms with E-state index in [4.69, 9.17) is 4.74 Å². The molecular weight excluding hydrogens is 287 g/mol. The number of halogens is 2. The molecule has 0 fully saturated rings. The van der Waals surface area contributed by atoms with E-state index in [2.05, 4.69) is 25.9 Å². The van der Waals surface area contributed by atoms with Gasteiger partial charge in [0.1, 0.15) is 22.0 Å². The minimum atomic E-state index is -0.341. The third-order valence-corrected chi connectivity index (χ3v) is 2.46. The summed E-state index contributed by atoms with van der Waals surface area (Å²) in [6.07, 6.45) is 0.707. The smallest absolute Gasteiger partial charge is 0.223 e. The van der Waals surface area contributed by atoms with Crippen LogP contribution in [-0.4, -0.2) is 9.97 Å². The van der Waals surface area contributed by atoms with Crippen molar-refractivity contribution in [2.75, 3.05) is 0 Å². The SMILES string of the molecule is CCc1nc(Br)cc(Oc2cccc(F)c2)n1. The van der Waals surface area contributed by atoms with Gasteiger partial charge in [0.15, 0.2) is 0 Å². The van der Waals surface area contributed by atoms with E-state index in [1.807, 2.05) is 6.92 Å². The van der Waals surface area contributed by atoms with Crippen molar-refractivity contribution in [3.05, 3.63) is 46.6 Å². The fourth-order valence-electron chi connectivity index (χ4n) is 1.30. The molecule has 2 aromatic rings. The van der Waals surface area contributed by atoms with Crippen LogP contribution in [0.4, 0.5) is 4.39 Å². The van der Waals surface area contributed by atoms with Crippen molar-refractivity contribution < 1.29 is 9.13 Å². The van der Waals surface area contributed by atoms with Gasteiger partial charge in [-0.1, -0.05) is 13.0 Å². The first kappa shape index (κ1) is 12.0. The Bertz CT molecular complexity index is 534. The van der Waals surface area contributed by atoms with Crippen molar-refractivity contribution in [3.8, 4) is 11.6 Å². The summed E-state index contributed by atoms with van der Waals surface area (Å²) in [5.41, 5.74) is 0. The number of aromatic nitrogens is 2. The van der Waals surface area contributed by atoms with Crippen LogP contribution >= 0.6 is 15.9 Å². The van der Waals surface area contributed by atoms with Crippen molar-refractivity contribution in [2.45, 2.75) is 13.3 Å². The molecule has 0 aliphatic heterocycles. The molecule has 1 aromatic heterocycles. The molecule has 0 unspecified atom stereocenters. The summed E-state index contributed by atoms with van der Waals surface area (Å²) in [5, 5.41) is 0. The normalized spacial score (nSPS) is 10.3. The zero-order valence-electron chi connectivity index (χ0n) is 9.15. The lowest BCUT2D eigenvalue weighted by Gasteiger charge is -2.06. The highest BCUT2D eigenvalue weighted by Crippen LogP contribution is 2.22. The topological polar surface area (TPSA) is 35.0 Å². The Morgan fingerprint density at radius 2 is 2.12 bits per heavy atom. The van der Waals surface area contributed by atoms with Gasteiger partial charge in [-0.15, -0.1) is 0 Å². The van der Waals surface area contributed by atoms with Crippen LogP contribution in [0.1, 0.15) is 12.7 Å². The van der Waals surface area contributed by atoms with Crippen molar-refractivity contribution in [1.29, 1.82) is 0 Å². The average molecular weight is 297 g/mol. The molecule has 5 heteroatoms. The van der Waals surface area contributed by atoms with Crippen LogP contribution in [0.25, 0.3) is 0 Å². The lowest BCUT2D eigenvalue weighted by Crippen LogP contribution is -1.96. The number of ether oxygens (including phenoxy) is 1. The van der Waals surface area contributed by atoms with E-state index >= 15 is 0 Å².